The van der Waals surface area contributed by atoms with Crippen LogP contribution in [-0.4, -0.2) is 26.1 Å². The molecule has 0 radical (unpaired) electrons. The zero-order chi connectivity index (χ0) is 14.7. The van der Waals surface area contributed by atoms with Gasteiger partial charge >= 0.3 is 5.69 Å². The maximum absolute atomic E-state index is 12.2. The van der Waals surface area contributed by atoms with E-state index in [1.54, 1.807) is 4.57 Å². The molecular formula is C16H17N3O2. The Labute approximate surface area is 122 Å². The molecule has 1 N–H and O–H groups in total. The van der Waals surface area contributed by atoms with E-state index >= 15 is 0 Å². The van der Waals surface area contributed by atoms with Gasteiger partial charge in [-0.3, -0.25) is 4.57 Å². The maximum Gasteiger partial charge on any atom is 0.346 e. The lowest BCUT2D eigenvalue weighted by molar-refractivity contribution is 0.350. The zero-order valence-electron chi connectivity index (χ0n) is 11.7. The number of aryl methyl sites for hydroxylation is 1. The smallest absolute Gasteiger partial charge is 0.346 e. The van der Waals surface area contributed by atoms with Crippen molar-refractivity contribution in [3.05, 3.63) is 51.7 Å². The maximum atomic E-state index is 12.2. The molecule has 1 aromatic heterocycles. The van der Waals surface area contributed by atoms with Crippen LogP contribution in [0.4, 0.5) is 0 Å². The van der Waals surface area contributed by atoms with Crippen LogP contribution in [-0.2, 0) is 19.5 Å². The highest BCUT2D eigenvalue weighted by atomic mass is 16.2. The van der Waals surface area contributed by atoms with Crippen molar-refractivity contribution in [1.82, 2.24) is 14.3 Å². The Hall–Kier alpha value is -2.32. The van der Waals surface area contributed by atoms with Crippen LogP contribution in [0.3, 0.4) is 0 Å². The molecule has 21 heavy (non-hydrogen) atoms. The van der Waals surface area contributed by atoms with Crippen molar-refractivity contribution >= 4 is 0 Å². The first-order valence-corrected chi connectivity index (χ1v) is 7.13. The van der Waals surface area contributed by atoms with Crippen LogP contribution < -0.4 is 5.69 Å². The Balaban J connectivity index is 1.81. The number of aliphatic hydroxyl groups is 1. The number of hydrogen-bond donors (Lipinski definition) is 1. The molecule has 0 amide bonds. The summed E-state index contributed by atoms with van der Waals surface area (Å²) in [6.07, 6.45) is 3.05. The molecule has 0 saturated carbocycles. The summed E-state index contributed by atoms with van der Waals surface area (Å²) in [5.74, 6) is 6.36. The lowest BCUT2D eigenvalue weighted by atomic mass is 10.1. The van der Waals surface area contributed by atoms with Crippen molar-refractivity contribution in [1.29, 1.82) is 0 Å². The third-order valence-corrected chi connectivity index (χ3v) is 3.63. The SMILES string of the molecule is O=c1n(Cc2ccc(C#CCO)cc2)nc2n1CCCC2. The Morgan fingerprint density at radius 3 is 2.76 bits per heavy atom. The lowest BCUT2D eigenvalue weighted by Gasteiger charge is -2.09. The number of nitrogens with zero attached hydrogens (tertiary/aromatic N) is 3. The van der Waals surface area contributed by atoms with Crippen LogP contribution in [0.5, 0.6) is 0 Å². The average molecular weight is 283 g/mol. The van der Waals surface area contributed by atoms with Crippen molar-refractivity contribution < 1.29 is 5.11 Å². The molecule has 0 spiro atoms. The van der Waals surface area contributed by atoms with Crippen LogP contribution in [0.25, 0.3) is 0 Å². The molecule has 0 aliphatic carbocycles. The monoisotopic (exact) mass is 283 g/mol. The molecule has 3 rings (SSSR count). The van der Waals surface area contributed by atoms with Crippen LogP contribution in [0.2, 0.25) is 0 Å². The first-order valence-electron chi connectivity index (χ1n) is 7.13. The van der Waals surface area contributed by atoms with Gasteiger partial charge in [0.05, 0.1) is 6.54 Å². The number of benzene rings is 1. The van der Waals surface area contributed by atoms with E-state index in [1.165, 1.54) is 4.68 Å². The number of hydrogen-bond acceptors (Lipinski definition) is 3. The van der Waals surface area contributed by atoms with Crippen molar-refractivity contribution in [2.24, 2.45) is 0 Å². The summed E-state index contributed by atoms with van der Waals surface area (Å²) < 4.78 is 3.32. The summed E-state index contributed by atoms with van der Waals surface area (Å²) in [6, 6.07) is 7.65. The normalized spacial score (nSPS) is 13.4. The summed E-state index contributed by atoms with van der Waals surface area (Å²) in [7, 11) is 0. The van der Waals surface area contributed by atoms with Crippen molar-refractivity contribution in [2.45, 2.75) is 32.4 Å². The van der Waals surface area contributed by atoms with E-state index in [0.29, 0.717) is 6.54 Å². The Kier molecular flexibility index (Phi) is 3.89. The first-order chi connectivity index (χ1) is 10.3. The minimum Gasteiger partial charge on any atom is -0.384 e. The van der Waals surface area contributed by atoms with Gasteiger partial charge in [-0.15, -0.1) is 0 Å². The summed E-state index contributed by atoms with van der Waals surface area (Å²) in [6.45, 7) is 1.12. The predicted octanol–water partition coefficient (Wildman–Crippen LogP) is 0.773. The number of rotatable bonds is 2. The minimum atomic E-state index is -0.142. The standard InChI is InChI=1S/C16H17N3O2/c20-11-3-4-13-6-8-14(9-7-13)12-19-16(21)18-10-2-1-5-15(18)17-19/h6-9,20H,1-2,5,10-12H2. The highest BCUT2D eigenvalue weighted by Crippen LogP contribution is 2.10. The van der Waals surface area contributed by atoms with Gasteiger partial charge < -0.3 is 5.11 Å². The molecule has 5 nitrogen and oxygen atoms in total. The van der Waals surface area contributed by atoms with Crippen LogP contribution in [0.15, 0.2) is 29.1 Å². The van der Waals surface area contributed by atoms with Gasteiger partial charge in [0, 0.05) is 18.5 Å². The third kappa shape index (κ3) is 2.91. The predicted molar refractivity (Wildman–Crippen MR) is 78.9 cm³/mol. The summed E-state index contributed by atoms with van der Waals surface area (Å²) >= 11 is 0. The van der Waals surface area contributed by atoms with Gasteiger partial charge in [-0.25, -0.2) is 9.48 Å². The van der Waals surface area contributed by atoms with Gasteiger partial charge in [-0.05, 0) is 30.5 Å². The number of fused-ring (bicyclic) bond motifs is 1. The fourth-order valence-electron chi connectivity index (χ4n) is 2.56. The number of aliphatic hydroxyl groups excluding tert-OH is 1. The van der Waals surface area contributed by atoms with Crippen molar-refractivity contribution in [2.75, 3.05) is 6.61 Å². The van der Waals surface area contributed by atoms with Gasteiger partial charge in [-0.2, -0.15) is 5.10 Å². The van der Waals surface area contributed by atoms with E-state index in [1.807, 2.05) is 24.3 Å². The van der Waals surface area contributed by atoms with Gasteiger partial charge in [0.25, 0.3) is 0 Å². The van der Waals surface area contributed by atoms with Crippen LogP contribution in [0.1, 0.15) is 29.8 Å². The molecule has 1 aliphatic rings. The molecule has 1 aliphatic heterocycles. The van der Waals surface area contributed by atoms with E-state index in [4.69, 9.17) is 5.11 Å². The van der Waals surface area contributed by atoms with E-state index in [2.05, 4.69) is 16.9 Å². The fourth-order valence-corrected chi connectivity index (χ4v) is 2.56. The van der Waals surface area contributed by atoms with E-state index in [9.17, 15) is 4.79 Å². The zero-order valence-corrected chi connectivity index (χ0v) is 11.7. The van der Waals surface area contributed by atoms with Gasteiger partial charge in [0.2, 0.25) is 0 Å². The Bertz CT molecular complexity index is 745. The summed E-state index contributed by atoms with van der Waals surface area (Å²) in [5, 5.41) is 13.1. The average Bonchev–Trinajstić information content (AvgIpc) is 2.83. The van der Waals surface area contributed by atoms with Crippen LogP contribution in [0, 0.1) is 11.8 Å². The van der Waals surface area contributed by atoms with Crippen molar-refractivity contribution in [3.8, 4) is 11.8 Å². The topological polar surface area (TPSA) is 60.1 Å². The molecule has 108 valence electrons. The first kappa shape index (κ1) is 13.7. The number of aromatic nitrogens is 3. The Morgan fingerprint density at radius 1 is 1.24 bits per heavy atom. The van der Waals surface area contributed by atoms with Gasteiger partial charge in [0.15, 0.2) is 0 Å². The van der Waals surface area contributed by atoms with Gasteiger partial charge in [-0.1, -0.05) is 24.0 Å². The molecule has 2 aromatic rings. The quantitative estimate of drug-likeness (QED) is 0.828. The molecule has 0 fully saturated rings. The van der Waals surface area contributed by atoms with Crippen molar-refractivity contribution in [3.63, 3.8) is 0 Å². The lowest BCUT2D eigenvalue weighted by Crippen LogP contribution is -2.27. The highest BCUT2D eigenvalue weighted by molar-refractivity contribution is 5.36. The van der Waals surface area contributed by atoms with E-state index in [-0.39, 0.29) is 12.3 Å². The largest absolute Gasteiger partial charge is 0.384 e. The second-order valence-electron chi connectivity index (χ2n) is 5.12. The Morgan fingerprint density at radius 2 is 2.05 bits per heavy atom. The highest BCUT2D eigenvalue weighted by Gasteiger charge is 2.16. The molecule has 1 aromatic carbocycles. The molecule has 0 saturated heterocycles. The fraction of sp³-hybridized carbons (Fsp3) is 0.375. The van der Waals surface area contributed by atoms with Gasteiger partial charge in [0.1, 0.15) is 12.4 Å². The summed E-state index contributed by atoms with van der Waals surface area (Å²) in [4.78, 5) is 12.2. The van der Waals surface area contributed by atoms with Crippen LogP contribution >= 0.6 is 0 Å². The third-order valence-electron chi connectivity index (χ3n) is 3.63. The van der Waals surface area contributed by atoms with E-state index < -0.39 is 0 Å². The second kappa shape index (κ2) is 5.98. The molecule has 0 atom stereocenters. The second-order valence-corrected chi connectivity index (χ2v) is 5.12. The molecular weight excluding hydrogens is 266 g/mol. The molecule has 0 unspecified atom stereocenters. The van der Waals surface area contributed by atoms with E-state index in [0.717, 1.165) is 42.8 Å². The minimum absolute atomic E-state index is 0.0196. The molecule has 5 heteroatoms. The molecule has 2 heterocycles. The summed E-state index contributed by atoms with van der Waals surface area (Å²) in [5.41, 5.74) is 1.85. The molecule has 0 bridgehead atoms.